The van der Waals surface area contributed by atoms with E-state index < -0.39 is 28.2 Å². The van der Waals surface area contributed by atoms with Gasteiger partial charge in [0.05, 0.1) is 16.3 Å². The number of benzene rings is 1. The maximum absolute atomic E-state index is 13.4. The molecule has 1 amide bonds. The van der Waals surface area contributed by atoms with Crippen LogP contribution in [0, 0.1) is 5.82 Å². The first kappa shape index (κ1) is 24.4. The molecule has 0 saturated heterocycles. The molecule has 5 N–H and O–H groups in total. The van der Waals surface area contributed by atoms with Gasteiger partial charge in [0, 0.05) is 13.1 Å². The first-order valence-corrected chi connectivity index (χ1v) is 10.9. The van der Waals surface area contributed by atoms with E-state index in [1.807, 2.05) is 5.48 Å². The molecule has 0 radical (unpaired) electrons. The summed E-state index contributed by atoms with van der Waals surface area (Å²) >= 11 is 3.03. The average Bonchev–Trinajstić information content (AvgIpc) is 3.13. The summed E-state index contributed by atoms with van der Waals surface area (Å²) in [5, 5.41) is 19.3. The molecule has 16 heteroatoms. The number of hydroxylamine groups is 1. The molecule has 0 fully saturated rings. The minimum atomic E-state index is -4.13. The van der Waals surface area contributed by atoms with Crippen LogP contribution in [0.15, 0.2) is 32.3 Å². The van der Waals surface area contributed by atoms with Gasteiger partial charge in [-0.1, -0.05) is 0 Å². The summed E-state index contributed by atoms with van der Waals surface area (Å²) in [7, 11) is -4.13. The molecule has 2 rings (SSSR count). The zero-order chi connectivity index (χ0) is 23.0. The highest BCUT2D eigenvalue weighted by Gasteiger charge is 2.18. The van der Waals surface area contributed by atoms with Gasteiger partial charge in [0.1, 0.15) is 5.82 Å². The van der Waals surface area contributed by atoms with E-state index in [0.29, 0.717) is 0 Å². The Morgan fingerprint density at radius 1 is 1.35 bits per heavy atom. The zero-order valence-electron chi connectivity index (χ0n) is 16.2. The first-order valence-electron chi connectivity index (χ1n) is 8.60. The number of amides is 1. The molecule has 0 spiro atoms. The Labute approximate surface area is 184 Å². The molecule has 13 nitrogen and oxygen atoms in total. The fourth-order valence-corrected chi connectivity index (χ4v) is 3.10. The van der Waals surface area contributed by atoms with Crippen LogP contribution in [0.25, 0.3) is 0 Å². The molecule has 1 heterocycles. The number of ether oxygens (including phenoxy) is 1. The van der Waals surface area contributed by atoms with Crippen molar-refractivity contribution in [3.05, 3.63) is 34.2 Å². The van der Waals surface area contributed by atoms with Gasteiger partial charge in [-0.25, -0.2) is 23.5 Å². The lowest BCUT2D eigenvalue weighted by molar-refractivity contribution is 0.121. The van der Waals surface area contributed by atoms with E-state index in [2.05, 4.69) is 50.6 Å². The number of rotatable bonds is 9. The van der Waals surface area contributed by atoms with Gasteiger partial charge in [0.2, 0.25) is 5.82 Å². The summed E-state index contributed by atoms with van der Waals surface area (Å²) in [5.74, 6) is -0.619. The van der Waals surface area contributed by atoms with Crippen molar-refractivity contribution in [3.8, 4) is 0 Å². The van der Waals surface area contributed by atoms with Gasteiger partial charge in [-0.2, -0.15) is 13.1 Å². The second-order valence-corrected chi connectivity index (χ2v) is 8.37. The Hall–Kier alpha value is -2.82. The number of anilines is 1. The van der Waals surface area contributed by atoms with Crippen molar-refractivity contribution in [1.29, 1.82) is 0 Å². The molecule has 0 bridgehead atoms. The normalized spacial score (nSPS) is 12.0. The summed E-state index contributed by atoms with van der Waals surface area (Å²) < 4.78 is 50.2. The predicted octanol–water partition coefficient (Wildman–Crippen LogP) is 1.41. The van der Waals surface area contributed by atoms with Crippen molar-refractivity contribution in [1.82, 2.24) is 25.2 Å². The van der Waals surface area contributed by atoms with Crippen LogP contribution in [-0.4, -0.2) is 55.1 Å². The number of nitrogens with one attached hydrogen (secondary N) is 4. The highest BCUT2D eigenvalue weighted by Crippen LogP contribution is 2.23. The zero-order valence-corrected chi connectivity index (χ0v) is 18.6. The average molecular weight is 524 g/mol. The van der Waals surface area contributed by atoms with Gasteiger partial charge in [0.25, 0.3) is 0 Å². The third-order valence-electron chi connectivity index (χ3n) is 3.23. The fraction of sp³-hybridized carbons (Fsp3) is 0.333. The summed E-state index contributed by atoms with van der Waals surface area (Å²) in [4.78, 5) is 15.5. The molecule has 0 atom stereocenters. The number of hydrogen-bond donors (Lipinski definition) is 5. The molecular formula is C15H19BrFN7O6S. The predicted molar refractivity (Wildman–Crippen MR) is 110 cm³/mol. The molecule has 2 aromatic rings. The minimum absolute atomic E-state index is 0.00214. The lowest BCUT2D eigenvalue weighted by atomic mass is 10.3. The van der Waals surface area contributed by atoms with Crippen molar-refractivity contribution >= 4 is 49.6 Å². The highest BCUT2D eigenvalue weighted by molar-refractivity contribution is 9.10. The van der Waals surface area contributed by atoms with E-state index in [9.17, 15) is 22.8 Å². The molecule has 1 aromatic heterocycles. The monoisotopic (exact) mass is 523 g/mol. The number of carbonyl (C=O) groups is 1. The van der Waals surface area contributed by atoms with Crippen LogP contribution in [0.5, 0.6) is 0 Å². The Bertz CT molecular complexity index is 1050. The quantitative estimate of drug-likeness (QED) is 0.139. The molecule has 0 saturated carbocycles. The van der Waals surface area contributed by atoms with Crippen LogP contribution in [0.1, 0.15) is 19.5 Å². The molecule has 0 aliphatic carbocycles. The van der Waals surface area contributed by atoms with Crippen LogP contribution in [0.3, 0.4) is 0 Å². The largest absolute Gasteiger partial charge is 0.446 e. The van der Waals surface area contributed by atoms with Crippen LogP contribution < -0.4 is 20.2 Å². The summed E-state index contributed by atoms with van der Waals surface area (Å²) in [6, 6.07) is 3.92. The standard InChI is InChI=1S/C15H19BrFN7O6S/c1-8(2)29-15(25)24-31(27,28)19-6-5-18-13-12(22-30-23-13)14(21-26)20-9-3-4-11(17)10(16)7-9/h3-4,7-8,19,26H,5-6H2,1-2H3,(H,18,23)(H,20,21)(H,24,25). The Balaban J connectivity index is 1.98. The lowest BCUT2D eigenvalue weighted by Crippen LogP contribution is -2.42. The Morgan fingerprint density at radius 3 is 2.74 bits per heavy atom. The first-order chi connectivity index (χ1) is 14.6. The molecule has 1 aromatic carbocycles. The van der Waals surface area contributed by atoms with Gasteiger partial charge in [-0.05, 0) is 58.3 Å². The van der Waals surface area contributed by atoms with Crippen LogP contribution >= 0.6 is 15.9 Å². The lowest BCUT2D eigenvalue weighted by Gasteiger charge is -2.11. The SMILES string of the molecule is CC(C)OC(=O)NS(=O)(=O)NCCNc1nonc1C(=Nc1ccc(F)c(Br)c1)NO. The van der Waals surface area contributed by atoms with E-state index in [1.54, 1.807) is 18.6 Å². The van der Waals surface area contributed by atoms with Crippen molar-refractivity contribution < 1.29 is 32.2 Å². The number of aromatic nitrogens is 2. The second-order valence-electron chi connectivity index (χ2n) is 6.01. The van der Waals surface area contributed by atoms with E-state index in [-0.39, 0.29) is 40.6 Å². The Morgan fingerprint density at radius 2 is 2.10 bits per heavy atom. The van der Waals surface area contributed by atoms with Crippen molar-refractivity contribution in [2.24, 2.45) is 4.99 Å². The Kier molecular flexibility index (Phi) is 8.66. The maximum atomic E-state index is 13.4. The number of halogens is 2. The highest BCUT2D eigenvalue weighted by atomic mass is 79.9. The van der Waals surface area contributed by atoms with Gasteiger partial charge in [-0.3, -0.25) is 10.7 Å². The van der Waals surface area contributed by atoms with Gasteiger partial charge in [-0.15, -0.1) is 0 Å². The van der Waals surface area contributed by atoms with E-state index in [4.69, 9.17) is 0 Å². The van der Waals surface area contributed by atoms with Crippen molar-refractivity contribution in [3.63, 3.8) is 0 Å². The fourth-order valence-electron chi connectivity index (χ4n) is 2.02. The summed E-state index contributed by atoms with van der Waals surface area (Å²) in [5.41, 5.74) is 2.10. The van der Waals surface area contributed by atoms with E-state index >= 15 is 0 Å². The second kappa shape index (κ2) is 11.0. The number of aliphatic imine (C=N–C) groups is 1. The number of amidine groups is 1. The number of carbonyl (C=O) groups excluding carboxylic acids is 1. The van der Waals surface area contributed by atoms with Crippen LogP contribution in [0.4, 0.5) is 20.7 Å². The topological polar surface area (TPSA) is 180 Å². The minimum Gasteiger partial charge on any atom is -0.446 e. The van der Waals surface area contributed by atoms with Crippen molar-refractivity contribution in [2.75, 3.05) is 18.4 Å². The van der Waals surface area contributed by atoms with Crippen molar-refractivity contribution in [2.45, 2.75) is 20.0 Å². The third-order valence-corrected chi connectivity index (χ3v) is 4.86. The van der Waals surface area contributed by atoms with Crippen LogP contribution in [0.2, 0.25) is 0 Å². The van der Waals surface area contributed by atoms with E-state index in [0.717, 1.165) is 0 Å². The molecule has 31 heavy (non-hydrogen) atoms. The molecule has 0 unspecified atom stereocenters. The molecule has 0 aliphatic rings. The number of hydrogen-bond acceptors (Lipinski definition) is 10. The van der Waals surface area contributed by atoms with Gasteiger partial charge >= 0.3 is 16.3 Å². The third kappa shape index (κ3) is 7.74. The number of nitrogens with zero attached hydrogens (tertiary/aromatic N) is 3. The van der Waals surface area contributed by atoms with Gasteiger partial charge in [0.15, 0.2) is 11.5 Å². The van der Waals surface area contributed by atoms with Crippen LogP contribution in [-0.2, 0) is 14.9 Å². The smallest absolute Gasteiger partial charge is 0.422 e. The van der Waals surface area contributed by atoms with Gasteiger partial charge < -0.3 is 10.1 Å². The molecule has 170 valence electrons. The molecular weight excluding hydrogens is 505 g/mol. The summed E-state index contributed by atoms with van der Waals surface area (Å²) in [6.45, 7) is 2.99. The summed E-state index contributed by atoms with van der Waals surface area (Å²) in [6.07, 6.45) is -1.59. The van der Waals surface area contributed by atoms with E-state index in [1.165, 1.54) is 18.2 Å². The maximum Gasteiger partial charge on any atom is 0.422 e. The molecule has 0 aliphatic heterocycles.